The Balaban J connectivity index is 1.61. The van der Waals surface area contributed by atoms with Gasteiger partial charge < -0.3 is 10.6 Å². The highest BCUT2D eigenvalue weighted by molar-refractivity contribution is 7.17. The molecule has 36 heavy (non-hydrogen) atoms. The van der Waals surface area contributed by atoms with Crippen LogP contribution in [0.5, 0.6) is 0 Å². The number of nitrogens with zero attached hydrogens (tertiary/aromatic N) is 1. The summed E-state index contributed by atoms with van der Waals surface area (Å²) in [5.41, 5.74) is 3.99. The number of benzene rings is 1. The number of para-hydroxylation sites is 1. The van der Waals surface area contributed by atoms with E-state index in [1.54, 1.807) is 11.3 Å². The number of piperidine rings is 1. The first-order valence-corrected chi connectivity index (χ1v) is 14.6. The summed E-state index contributed by atoms with van der Waals surface area (Å²) in [6.07, 6.45) is 8.39. The molecule has 1 fully saturated rings. The van der Waals surface area contributed by atoms with E-state index in [-0.39, 0.29) is 17.2 Å². The molecule has 1 saturated heterocycles. The van der Waals surface area contributed by atoms with Gasteiger partial charge in [0.15, 0.2) is 0 Å². The van der Waals surface area contributed by atoms with Gasteiger partial charge in [0.25, 0.3) is 5.91 Å². The van der Waals surface area contributed by atoms with E-state index < -0.39 is 0 Å². The lowest BCUT2D eigenvalue weighted by Crippen LogP contribution is -2.43. The second-order valence-electron chi connectivity index (χ2n) is 11.6. The summed E-state index contributed by atoms with van der Waals surface area (Å²) in [6.45, 7) is 12.6. The summed E-state index contributed by atoms with van der Waals surface area (Å²) in [4.78, 5) is 30.5. The first-order valence-electron chi connectivity index (χ1n) is 13.8. The SMILES string of the molecule is CCc1ccccc1NC(=O)c1c(NC(=O)CN2CCCC[C@@H]2CC)sc2c1CC[C@@H](C(C)(C)C)C2. The molecule has 0 saturated carbocycles. The highest BCUT2D eigenvalue weighted by Crippen LogP contribution is 2.44. The van der Waals surface area contributed by atoms with Crippen molar-refractivity contribution >= 4 is 33.8 Å². The number of rotatable bonds is 7. The molecular formula is C30H43N3O2S. The van der Waals surface area contributed by atoms with Crippen molar-refractivity contribution in [3.05, 3.63) is 45.8 Å². The molecule has 4 rings (SSSR count). The Morgan fingerprint density at radius 1 is 1.08 bits per heavy atom. The predicted octanol–water partition coefficient (Wildman–Crippen LogP) is 6.92. The van der Waals surface area contributed by atoms with Crippen molar-refractivity contribution in [2.75, 3.05) is 23.7 Å². The molecule has 5 nitrogen and oxygen atoms in total. The monoisotopic (exact) mass is 509 g/mol. The van der Waals surface area contributed by atoms with E-state index in [1.807, 2.05) is 18.2 Å². The molecule has 2 aromatic rings. The van der Waals surface area contributed by atoms with Crippen LogP contribution in [0.3, 0.4) is 0 Å². The molecule has 196 valence electrons. The van der Waals surface area contributed by atoms with Gasteiger partial charge in [0.05, 0.1) is 12.1 Å². The van der Waals surface area contributed by atoms with Crippen LogP contribution in [0.1, 0.15) is 93.1 Å². The van der Waals surface area contributed by atoms with Crippen molar-refractivity contribution in [1.29, 1.82) is 0 Å². The maximum absolute atomic E-state index is 13.7. The minimum atomic E-state index is -0.109. The van der Waals surface area contributed by atoms with Gasteiger partial charge in [-0.3, -0.25) is 14.5 Å². The third kappa shape index (κ3) is 6.03. The number of carbonyl (C=O) groups is 2. The number of likely N-dealkylation sites (tertiary alicyclic amines) is 1. The van der Waals surface area contributed by atoms with Crippen molar-refractivity contribution in [2.24, 2.45) is 11.3 Å². The summed E-state index contributed by atoms with van der Waals surface area (Å²) < 4.78 is 0. The Labute approximate surface area is 221 Å². The smallest absolute Gasteiger partial charge is 0.258 e. The molecular weight excluding hydrogens is 466 g/mol. The van der Waals surface area contributed by atoms with Gasteiger partial charge in [0, 0.05) is 16.6 Å². The van der Waals surface area contributed by atoms with Crippen molar-refractivity contribution in [3.63, 3.8) is 0 Å². The fourth-order valence-electron chi connectivity index (χ4n) is 5.87. The molecule has 2 atom stereocenters. The van der Waals surface area contributed by atoms with Gasteiger partial charge in [-0.15, -0.1) is 11.3 Å². The number of aryl methyl sites for hydroxylation is 1. The molecule has 1 aliphatic carbocycles. The Hall–Kier alpha value is -2.18. The van der Waals surface area contributed by atoms with Crippen LogP contribution in [0, 0.1) is 11.3 Å². The van der Waals surface area contributed by atoms with Gasteiger partial charge >= 0.3 is 0 Å². The van der Waals surface area contributed by atoms with Crippen LogP contribution in [0.15, 0.2) is 24.3 Å². The largest absolute Gasteiger partial charge is 0.322 e. The topological polar surface area (TPSA) is 61.4 Å². The molecule has 0 bridgehead atoms. The van der Waals surface area contributed by atoms with Gasteiger partial charge in [-0.05, 0) is 80.0 Å². The Morgan fingerprint density at radius 2 is 1.86 bits per heavy atom. The highest BCUT2D eigenvalue weighted by atomic mass is 32.1. The van der Waals surface area contributed by atoms with Gasteiger partial charge in [0.2, 0.25) is 5.91 Å². The third-order valence-corrected chi connectivity index (χ3v) is 9.35. The van der Waals surface area contributed by atoms with Gasteiger partial charge in [-0.2, -0.15) is 0 Å². The number of fused-ring (bicyclic) bond motifs is 1. The zero-order chi connectivity index (χ0) is 25.9. The van der Waals surface area contributed by atoms with Crippen molar-refractivity contribution in [3.8, 4) is 0 Å². The summed E-state index contributed by atoms with van der Waals surface area (Å²) in [5.74, 6) is 0.453. The second kappa shape index (κ2) is 11.5. The second-order valence-corrected chi connectivity index (χ2v) is 12.7. The van der Waals surface area contributed by atoms with Crippen LogP contribution in [0.2, 0.25) is 0 Å². The molecule has 1 aliphatic heterocycles. The van der Waals surface area contributed by atoms with Crippen LogP contribution in [-0.4, -0.2) is 35.8 Å². The lowest BCUT2D eigenvalue weighted by molar-refractivity contribution is -0.118. The zero-order valence-electron chi connectivity index (χ0n) is 22.7. The van der Waals surface area contributed by atoms with Crippen LogP contribution in [0.25, 0.3) is 0 Å². The maximum Gasteiger partial charge on any atom is 0.258 e. The normalized spacial score (nSPS) is 20.6. The lowest BCUT2D eigenvalue weighted by Gasteiger charge is -2.34. The Bertz CT molecular complexity index is 1080. The molecule has 0 unspecified atom stereocenters. The molecule has 2 amide bonds. The minimum Gasteiger partial charge on any atom is -0.322 e. The molecule has 6 heteroatoms. The average Bonchev–Trinajstić information content (AvgIpc) is 3.21. The van der Waals surface area contributed by atoms with E-state index in [1.165, 1.54) is 11.3 Å². The lowest BCUT2D eigenvalue weighted by atomic mass is 9.72. The molecule has 2 N–H and O–H groups in total. The van der Waals surface area contributed by atoms with Gasteiger partial charge in [-0.1, -0.05) is 59.2 Å². The molecule has 2 aliphatic rings. The number of hydrogen-bond acceptors (Lipinski definition) is 4. The Kier molecular flexibility index (Phi) is 8.56. The van der Waals surface area contributed by atoms with Gasteiger partial charge in [0.1, 0.15) is 5.00 Å². The fraction of sp³-hybridized carbons (Fsp3) is 0.600. The van der Waals surface area contributed by atoms with E-state index in [2.05, 4.69) is 56.2 Å². The molecule has 0 spiro atoms. The number of hydrogen-bond donors (Lipinski definition) is 2. The number of anilines is 2. The van der Waals surface area contributed by atoms with E-state index >= 15 is 0 Å². The number of nitrogens with one attached hydrogen (secondary N) is 2. The number of thiophene rings is 1. The molecule has 0 radical (unpaired) electrons. The van der Waals surface area contributed by atoms with Crippen LogP contribution >= 0.6 is 11.3 Å². The number of carbonyl (C=O) groups excluding carboxylic acids is 2. The highest BCUT2D eigenvalue weighted by Gasteiger charge is 2.34. The predicted molar refractivity (Wildman–Crippen MR) is 151 cm³/mol. The van der Waals surface area contributed by atoms with Gasteiger partial charge in [-0.25, -0.2) is 0 Å². The summed E-state index contributed by atoms with van der Waals surface area (Å²) in [7, 11) is 0. The maximum atomic E-state index is 13.7. The van der Waals surface area contributed by atoms with Crippen molar-refractivity contribution < 1.29 is 9.59 Å². The van der Waals surface area contributed by atoms with Crippen LogP contribution < -0.4 is 10.6 Å². The van der Waals surface area contributed by atoms with E-state index in [4.69, 9.17) is 0 Å². The van der Waals surface area contributed by atoms with Crippen LogP contribution in [0.4, 0.5) is 10.7 Å². The average molecular weight is 510 g/mol. The molecule has 2 heterocycles. The van der Waals surface area contributed by atoms with Crippen molar-refractivity contribution in [1.82, 2.24) is 4.90 Å². The van der Waals surface area contributed by atoms with E-state index in [9.17, 15) is 9.59 Å². The summed E-state index contributed by atoms with van der Waals surface area (Å²) in [6, 6.07) is 8.45. The molecule has 1 aromatic carbocycles. The third-order valence-electron chi connectivity index (χ3n) is 8.18. The van der Waals surface area contributed by atoms with Crippen molar-refractivity contribution in [2.45, 2.75) is 92.0 Å². The first-order chi connectivity index (χ1) is 17.2. The zero-order valence-corrected chi connectivity index (χ0v) is 23.5. The standard InChI is InChI=1S/C30H43N3O2S/c1-6-20-12-8-9-14-24(20)31-28(35)27-23-16-15-21(30(3,4)5)18-25(23)36-29(27)32-26(34)19-33-17-11-10-13-22(33)7-2/h8-9,12,14,21-22H,6-7,10-11,13,15-19H2,1-5H3,(H,31,35)(H,32,34)/t21-,22+/m1/s1. The number of amides is 2. The summed E-state index contributed by atoms with van der Waals surface area (Å²) in [5, 5.41) is 7.08. The Morgan fingerprint density at radius 3 is 2.58 bits per heavy atom. The summed E-state index contributed by atoms with van der Waals surface area (Å²) >= 11 is 1.62. The first kappa shape index (κ1) is 26.9. The van der Waals surface area contributed by atoms with Crippen LogP contribution in [-0.2, 0) is 24.1 Å². The van der Waals surface area contributed by atoms with E-state index in [0.29, 0.717) is 24.1 Å². The quantitative estimate of drug-likeness (QED) is 0.426. The van der Waals surface area contributed by atoms with E-state index in [0.717, 1.165) is 73.3 Å². The molecule has 1 aromatic heterocycles. The fourth-order valence-corrected chi connectivity index (χ4v) is 7.21. The minimum absolute atomic E-state index is 0.00988.